The van der Waals surface area contributed by atoms with Crippen molar-refractivity contribution < 1.29 is 22.8 Å². The van der Waals surface area contributed by atoms with Gasteiger partial charge in [0.15, 0.2) is 0 Å². The highest BCUT2D eigenvalue weighted by atomic mass is 19.4. The monoisotopic (exact) mass is 385 g/mol. The predicted octanol–water partition coefficient (Wildman–Crippen LogP) is 5.48. The summed E-state index contributed by atoms with van der Waals surface area (Å²) in [6.45, 7) is 0.699. The van der Waals surface area contributed by atoms with Crippen molar-refractivity contribution in [2.75, 3.05) is 0 Å². The molecule has 0 fully saturated rings. The molecule has 0 aliphatic heterocycles. The summed E-state index contributed by atoms with van der Waals surface area (Å²) in [6, 6.07) is 22.9. The van der Waals surface area contributed by atoms with Crippen molar-refractivity contribution >= 4 is 5.97 Å². The molecule has 0 aromatic heterocycles. The van der Waals surface area contributed by atoms with Crippen LogP contribution in [-0.2, 0) is 24.1 Å². The van der Waals surface area contributed by atoms with E-state index >= 15 is 0 Å². The van der Waals surface area contributed by atoms with Crippen LogP contribution in [0.15, 0.2) is 84.9 Å². The Hall–Kier alpha value is -3.12. The van der Waals surface area contributed by atoms with Crippen LogP contribution >= 0.6 is 0 Å². The van der Waals surface area contributed by atoms with Crippen molar-refractivity contribution in [3.63, 3.8) is 0 Å². The van der Waals surface area contributed by atoms with Gasteiger partial charge in [-0.2, -0.15) is 13.2 Å². The third-order valence-corrected chi connectivity index (χ3v) is 4.06. The molecule has 3 nitrogen and oxygen atoms in total. The summed E-state index contributed by atoms with van der Waals surface area (Å²) >= 11 is 0. The molecular formula is C22H18F3NO2. The summed E-state index contributed by atoms with van der Waals surface area (Å²) in [5.41, 5.74) is 1.13. The minimum Gasteiger partial charge on any atom is -0.363 e. The minimum atomic E-state index is -4.45. The molecule has 3 rings (SSSR count). The maximum Gasteiger partial charge on any atom is 0.416 e. The fourth-order valence-corrected chi connectivity index (χ4v) is 2.66. The lowest BCUT2D eigenvalue weighted by atomic mass is 10.1. The lowest BCUT2D eigenvalue weighted by molar-refractivity contribution is -0.137. The summed E-state index contributed by atoms with van der Waals surface area (Å²) in [6.07, 6.45) is -4.45. The maximum atomic E-state index is 12.7. The van der Waals surface area contributed by atoms with E-state index in [0.717, 1.165) is 35.4 Å². The highest BCUT2D eigenvalue weighted by Gasteiger charge is 2.30. The van der Waals surface area contributed by atoms with Crippen molar-refractivity contribution in [3.8, 4) is 0 Å². The van der Waals surface area contributed by atoms with Gasteiger partial charge in [0.2, 0.25) is 0 Å². The Bertz CT molecular complexity index is 853. The fourth-order valence-electron chi connectivity index (χ4n) is 2.66. The molecular weight excluding hydrogens is 367 g/mol. The largest absolute Gasteiger partial charge is 0.416 e. The zero-order chi connectivity index (χ0) is 20.0. The van der Waals surface area contributed by atoms with Gasteiger partial charge < -0.3 is 4.84 Å². The molecule has 144 valence electrons. The van der Waals surface area contributed by atoms with Gasteiger partial charge >= 0.3 is 12.1 Å². The Kier molecular flexibility index (Phi) is 6.11. The van der Waals surface area contributed by atoms with E-state index in [2.05, 4.69) is 0 Å². The highest BCUT2D eigenvalue weighted by molar-refractivity contribution is 5.89. The van der Waals surface area contributed by atoms with Gasteiger partial charge in [-0.1, -0.05) is 60.7 Å². The number of alkyl halides is 3. The third-order valence-electron chi connectivity index (χ3n) is 4.06. The number of nitrogens with zero attached hydrogens (tertiary/aromatic N) is 1. The van der Waals surface area contributed by atoms with Gasteiger partial charge in [0, 0.05) is 0 Å². The number of carbonyl (C=O) groups excluding carboxylic acids is 1. The van der Waals surface area contributed by atoms with Gasteiger partial charge in [-0.25, -0.2) is 4.79 Å². The second kappa shape index (κ2) is 8.71. The first-order valence-corrected chi connectivity index (χ1v) is 8.64. The zero-order valence-corrected chi connectivity index (χ0v) is 14.9. The van der Waals surface area contributed by atoms with E-state index in [-0.39, 0.29) is 5.56 Å². The quantitative estimate of drug-likeness (QED) is 0.526. The van der Waals surface area contributed by atoms with Crippen LogP contribution in [0.25, 0.3) is 0 Å². The third kappa shape index (κ3) is 5.44. The van der Waals surface area contributed by atoms with E-state index in [1.807, 2.05) is 60.7 Å². The molecule has 0 amide bonds. The first-order chi connectivity index (χ1) is 13.4. The van der Waals surface area contributed by atoms with Crippen molar-refractivity contribution in [2.24, 2.45) is 0 Å². The van der Waals surface area contributed by atoms with E-state index in [1.165, 1.54) is 5.06 Å². The lowest BCUT2D eigenvalue weighted by Gasteiger charge is -2.21. The first kappa shape index (κ1) is 19.6. The number of halogens is 3. The van der Waals surface area contributed by atoms with Crippen LogP contribution in [0.5, 0.6) is 0 Å². The van der Waals surface area contributed by atoms with Crippen molar-refractivity contribution in [2.45, 2.75) is 19.3 Å². The molecule has 0 saturated heterocycles. The average molecular weight is 385 g/mol. The summed E-state index contributed by atoms with van der Waals surface area (Å²) in [7, 11) is 0. The number of carbonyl (C=O) groups is 1. The van der Waals surface area contributed by atoms with Gasteiger partial charge in [-0.3, -0.25) is 0 Å². The Morgan fingerprint density at radius 1 is 0.750 bits per heavy atom. The fraction of sp³-hybridized carbons (Fsp3) is 0.136. The summed E-state index contributed by atoms with van der Waals surface area (Å²) < 4.78 is 38.1. The van der Waals surface area contributed by atoms with E-state index in [9.17, 15) is 18.0 Å². The molecule has 3 aromatic carbocycles. The van der Waals surface area contributed by atoms with Crippen LogP contribution in [0, 0.1) is 0 Å². The molecule has 0 spiro atoms. The SMILES string of the molecule is O=C(ON(Cc1ccccc1)Cc1ccccc1)c1ccc(C(F)(F)F)cc1. The van der Waals surface area contributed by atoms with Crippen molar-refractivity contribution in [1.29, 1.82) is 0 Å². The molecule has 0 saturated carbocycles. The number of rotatable bonds is 6. The summed E-state index contributed by atoms with van der Waals surface area (Å²) in [5.74, 6) is -0.708. The number of benzene rings is 3. The molecule has 0 aliphatic rings. The Morgan fingerprint density at radius 3 is 1.64 bits per heavy atom. The zero-order valence-electron chi connectivity index (χ0n) is 14.9. The van der Waals surface area contributed by atoms with E-state index < -0.39 is 17.7 Å². The van der Waals surface area contributed by atoms with Crippen molar-refractivity contribution in [1.82, 2.24) is 5.06 Å². The number of hydrogen-bond donors (Lipinski definition) is 0. The summed E-state index contributed by atoms with van der Waals surface area (Å²) in [4.78, 5) is 17.9. The van der Waals surface area contributed by atoms with Gasteiger partial charge in [0.25, 0.3) is 0 Å². The molecule has 28 heavy (non-hydrogen) atoms. The van der Waals surface area contributed by atoms with Gasteiger partial charge in [0.1, 0.15) is 0 Å². The Labute approximate surface area is 160 Å². The smallest absolute Gasteiger partial charge is 0.363 e. The van der Waals surface area contributed by atoms with E-state index in [0.29, 0.717) is 13.1 Å². The highest BCUT2D eigenvalue weighted by Crippen LogP contribution is 2.29. The second-order valence-electron chi connectivity index (χ2n) is 6.22. The van der Waals surface area contributed by atoms with Crippen LogP contribution in [0.4, 0.5) is 13.2 Å². The standard InChI is InChI=1S/C22H18F3NO2/c23-22(24,25)20-13-11-19(12-14-20)21(27)28-26(15-17-7-3-1-4-8-17)16-18-9-5-2-6-10-18/h1-14H,15-16H2. The van der Waals surface area contributed by atoms with E-state index in [1.54, 1.807) is 0 Å². The molecule has 0 unspecified atom stereocenters. The van der Waals surface area contributed by atoms with Crippen LogP contribution in [-0.4, -0.2) is 11.0 Å². The molecule has 3 aromatic rings. The van der Waals surface area contributed by atoms with E-state index in [4.69, 9.17) is 4.84 Å². The molecule has 0 atom stereocenters. The Balaban J connectivity index is 1.75. The first-order valence-electron chi connectivity index (χ1n) is 8.64. The molecule has 6 heteroatoms. The van der Waals surface area contributed by atoms with Gasteiger partial charge in [-0.05, 0) is 35.4 Å². The molecule has 0 bridgehead atoms. The summed E-state index contributed by atoms with van der Waals surface area (Å²) in [5, 5.41) is 1.49. The molecule has 0 aliphatic carbocycles. The minimum absolute atomic E-state index is 0.0547. The average Bonchev–Trinajstić information content (AvgIpc) is 2.69. The van der Waals surface area contributed by atoms with Crippen LogP contribution < -0.4 is 0 Å². The number of hydroxylamine groups is 2. The van der Waals surface area contributed by atoms with Crippen molar-refractivity contribution in [3.05, 3.63) is 107 Å². The molecule has 0 heterocycles. The molecule has 0 radical (unpaired) electrons. The van der Waals surface area contributed by atoms with Crippen LogP contribution in [0.3, 0.4) is 0 Å². The number of hydrogen-bond acceptors (Lipinski definition) is 3. The van der Waals surface area contributed by atoms with Gasteiger partial charge in [-0.15, -0.1) is 5.06 Å². The van der Waals surface area contributed by atoms with Crippen LogP contribution in [0.1, 0.15) is 27.0 Å². The maximum absolute atomic E-state index is 12.7. The topological polar surface area (TPSA) is 29.5 Å². The van der Waals surface area contributed by atoms with Crippen LogP contribution in [0.2, 0.25) is 0 Å². The predicted molar refractivity (Wildman–Crippen MR) is 99.0 cm³/mol. The molecule has 0 N–H and O–H groups in total. The Morgan fingerprint density at radius 2 is 1.21 bits per heavy atom. The second-order valence-corrected chi connectivity index (χ2v) is 6.22. The lowest BCUT2D eigenvalue weighted by Crippen LogP contribution is -2.27. The van der Waals surface area contributed by atoms with Gasteiger partial charge in [0.05, 0.1) is 24.2 Å². The normalized spacial score (nSPS) is 11.4.